The van der Waals surface area contributed by atoms with Gasteiger partial charge < -0.3 is 14.4 Å². The number of ether oxygens (including phenoxy) is 2. The first-order valence-electron chi connectivity index (χ1n) is 9.24. The Morgan fingerprint density at radius 3 is 2.11 bits per heavy atom. The van der Waals surface area contributed by atoms with E-state index in [1.165, 1.54) is 0 Å². The first-order valence-corrected chi connectivity index (χ1v) is 9.24. The highest BCUT2D eigenvalue weighted by Crippen LogP contribution is 2.27. The molecule has 0 heterocycles. The predicted molar refractivity (Wildman–Crippen MR) is 112 cm³/mol. The third-order valence-corrected chi connectivity index (χ3v) is 4.77. The molecule has 0 aliphatic heterocycles. The maximum Gasteiger partial charge on any atom is 0.253 e. The van der Waals surface area contributed by atoms with E-state index in [4.69, 9.17) is 9.47 Å². The fourth-order valence-electron chi connectivity index (χ4n) is 3.09. The summed E-state index contributed by atoms with van der Waals surface area (Å²) < 4.78 is 10.6. The molecule has 0 saturated carbocycles. The van der Waals surface area contributed by atoms with Crippen molar-refractivity contribution in [2.75, 3.05) is 27.8 Å². The molecule has 144 valence electrons. The lowest BCUT2D eigenvalue weighted by molar-refractivity contribution is 0.0796. The van der Waals surface area contributed by atoms with Gasteiger partial charge in [0.15, 0.2) is 11.5 Å². The van der Waals surface area contributed by atoms with Crippen molar-refractivity contribution in [2.45, 2.75) is 6.42 Å². The van der Waals surface area contributed by atoms with Gasteiger partial charge in [-0.25, -0.2) is 0 Å². The Hall–Kier alpha value is -3.27. The van der Waals surface area contributed by atoms with Crippen molar-refractivity contribution in [1.29, 1.82) is 0 Å². The van der Waals surface area contributed by atoms with E-state index >= 15 is 0 Å². The van der Waals surface area contributed by atoms with Gasteiger partial charge in [0.1, 0.15) is 0 Å². The standard InChI is InChI=1S/C24H25NO3/c1-25(16-15-18-9-14-22(27-2)23(17-18)28-3)24(26)21-12-10-20(11-13-21)19-7-5-4-6-8-19/h4-14,17H,15-16H2,1-3H3. The fourth-order valence-corrected chi connectivity index (χ4v) is 3.09. The van der Waals surface area contributed by atoms with Gasteiger partial charge in [0, 0.05) is 19.2 Å². The van der Waals surface area contributed by atoms with Crippen LogP contribution in [0.25, 0.3) is 11.1 Å². The van der Waals surface area contributed by atoms with Crippen LogP contribution < -0.4 is 9.47 Å². The predicted octanol–water partition coefficient (Wildman–Crippen LogP) is 4.69. The van der Waals surface area contributed by atoms with E-state index in [9.17, 15) is 4.79 Å². The van der Waals surface area contributed by atoms with Gasteiger partial charge in [0.25, 0.3) is 5.91 Å². The number of likely N-dealkylation sites (N-methyl/N-ethyl adjacent to an activating group) is 1. The third kappa shape index (κ3) is 4.52. The van der Waals surface area contributed by atoms with Crippen LogP contribution in [-0.4, -0.2) is 38.6 Å². The lowest BCUT2D eigenvalue weighted by Crippen LogP contribution is -2.28. The SMILES string of the molecule is COc1ccc(CCN(C)C(=O)c2ccc(-c3ccccc3)cc2)cc1OC. The summed E-state index contributed by atoms with van der Waals surface area (Å²) >= 11 is 0. The summed E-state index contributed by atoms with van der Waals surface area (Å²) in [4.78, 5) is 14.5. The molecule has 0 atom stereocenters. The van der Waals surface area contributed by atoms with Gasteiger partial charge in [-0.2, -0.15) is 0 Å². The van der Waals surface area contributed by atoms with Crippen LogP contribution in [0.5, 0.6) is 11.5 Å². The van der Waals surface area contributed by atoms with Crippen LogP contribution >= 0.6 is 0 Å². The molecule has 0 radical (unpaired) electrons. The molecule has 0 fully saturated rings. The minimum atomic E-state index is 0.0140. The van der Waals surface area contributed by atoms with Crippen molar-refractivity contribution < 1.29 is 14.3 Å². The van der Waals surface area contributed by atoms with E-state index in [0.717, 1.165) is 23.1 Å². The Bertz CT molecular complexity index is 920. The smallest absolute Gasteiger partial charge is 0.253 e. The van der Waals surface area contributed by atoms with E-state index in [1.54, 1.807) is 19.1 Å². The molecule has 0 saturated heterocycles. The minimum Gasteiger partial charge on any atom is -0.493 e. The second-order valence-corrected chi connectivity index (χ2v) is 6.61. The zero-order valence-corrected chi connectivity index (χ0v) is 16.5. The summed E-state index contributed by atoms with van der Waals surface area (Å²) in [5.41, 5.74) is 4.03. The Labute approximate surface area is 166 Å². The number of carbonyl (C=O) groups excluding carboxylic acids is 1. The van der Waals surface area contributed by atoms with Crippen molar-refractivity contribution in [1.82, 2.24) is 4.90 Å². The molecule has 0 aliphatic carbocycles. The van der Waals surface area contributed by atoms with E-state index < -0.39 is 0 Å². The molecule has 0 unspecified atom stereocenters. The molecule has 3 rings (SSSR count). The van der Waals surface area contributed by atoms with Crippen LogP contribution in [0.15, 0.2) is 72.8 Å². The minimum absolute atomic E-state index is 0.0140. The largest absolute Gasteiger partial charge is 0.493 e. The van der Waals surface area contributed by atoms with Crippen LogP contribution in [0, 0.1) is 0 Å². The third-order valence-electron chi connectivity index (χ3n) is 4.77. The molecular formula is C24H25NO3. The zero-order chi connectivity index (χ0) is 19.9. The number of rotatable bonds is 7. The summed E-state index contributed by atoms with van der Waals surface area (Å²) in [6, 6.07) is 23.7. The summed E-state index contributed by atoms with van der Waals surface area (Å²) in [7, 11) is 5.07. The van der Waals surface area contributed by atoms with E-state index in [-0.39, 0.29) is 5.91 Å². The molecule has 0 N–H and O–H groups in total. The topological polar surface area (TPSA) is 38.8 Å². The van der Waals surface area contributed by atoms with E-state index in [1.807, 2.05) is 67.7 Å². The van der Waals surface area contributed by atoms with Gasteiger partial charge in [0.2, 0.25) is 0 Å². The molecule has 28 heavy (non-hydrogen) atoms. The Balaban J connectivity index is 1.63. The molecular weight excluding hydrogens is 350 g/mol. The fraction of sp³-hybridized carbons (Fsp3) is 0.208. The molecule has 4 nitrogen and oxygen atoms in total. The van der Waals surface area contributed by atoms with Crippen LogP contribution in [0.3, 0.4) is 0 Å². The van der Waals surface area contributed by atoms with Crippen LogP contribution in [0.4, 0.5) is 0 Å². The first-order chi connectivity index (χ1) is 13.6. The maximum absolute atomic E-state index is 12.7. The van der Waals surface area contributed by atoms with Gasteiger partial charge in [-0.05, 0) is 47.4 Å². The molecule has 4 heteroatoms. The number of methoxy groups -OCH3 is 2. The monoisotopic (exact) mass is 375 g/mol. The summed E-state index contributed by atoms with van der Waals surface area (Å²) in [6.45, 7) is 0.620. The zero-order valence-electron chi connectivity index (χ0n) is 16.5. The highest BCUT2D eigenvalue weighted by Gasteiger charge is 2.12. The number of hydrogen-bond donors (Lipinski definition) is 0. The lowest BCUT2D eigenvalue weighted by atomic mass is 10.0. The van der Waals surface area contributed by atoms with Gasteiger partial charge in [-0.1, -0.05) is 48.5 Å². The molecule has 0 spiro atoms. The molecule has 0 aromatic heterocycles. The number of hydrogen-bond acceptors (Lipinski definition) is 3. The lowest BCUT2D eigenvalue weighted by Gasteiger charge is -2.18. The number of amides is 1. The number of benzene rings is 3. The van der Waals surface area contributed by atoms with Crippen molar-refractivity contribution in [3.63, 3.8) is 0 Å². The van der Waals surface area contributed by atoms with Crippen LogP contribution in [0.2, 0.25) is 0 Å². The molecule has 3 aromatic rings. The Morgan fingerprint density at radius 1 is 0.821 bits per heavy atom. The average molecular weight is 375 g/mol. The molecule has 0 bridgehead atoms. The van der Waals surface area contributed by atoms with Crippen molar-refractivity contribution in [2.24, 2.45) is 0 Å². The van der Waals surface area contributed by atoms with Crippen molar-refractivity contribution >= 4 is 5.91 Å². The quantitative estimate of drug-likeness (QED) is 0.602. The van der Waals surface area contributed by atoms with Gasteiger partial charge in [-0.3, -0.25) is 4.79 Å². The van der Waals surface area contributed by atoms with Gasteiger partial charge >= 0.3 is 0 Å². The van der Waals surface area contributed by atoms with Crippen molar-refractivity contribution in [3.05, 3.63) is 83.9 Å². The first kappa shape index (κ1) is 19.5. The average Bonchev–Trinajstić information content (AvgIpc) is 2.77. The Kier molecular flexibility index (Phi) is 6.33. The van der Waals surface area contributed by atoms with E-state index in [0.29, 0.717) is 23.6 Å². The Morgan fingerprint density at radius 2 is 1.46 bits per heavy atom. The number of carbonyl (C=O) groups is 1. The maximum atomic E-state index is 12.7. The second-order valence-electron chi connectivity index (χ2n) is 6.61. The summed E-state index contributed by atoms with van der Waals surface area (Å²) in [5, 5.41) is 0. The number of nitrogens with zero attached hydrogens (tertiary/aromatic N) is 1. The van der Waals surface area contributed by atoms with E-state index in [2.05, 4.69) is 12.1 Å². The normalized spacial score (nSPS) is 10.4. The van der Waals surface area contributed by atoms with Crippen molar-refractivity contribution in [3.8, 4) is 22.6 Å². The van der Waals surface area contributed by atoms with Crippen LogP contribution in [0.1, 0.15) is 15.9 Å². The molecule has 3 aromatic carbocycles. The molecule has 1 amide bonds. The molecule has 0 aliphatic rings. The van der Waals surface area contributed by atoms with Crippen LogP contribution in [-0.2, 0) is 6.42 Å². The van der Waals surface area contributed by atoms with Gasteiger partial charge in [0.05, 0.1) is 14.2 Å². The van der Waals surface area contributed by atoms with Gasteiger partial charge in [-0.15, -0.1) is 0 Å². The highest BCUT2D eigenvalue weighted by molar-refractivity contribution is 5.94. The highest BCUT2D eigenvalue weighted by atomic mass is 16.5. The summed E-state index contributed by atoms with van der Waals surface area (Å²) in [5.74, 6) is 1.42. The second kappa shape index (κ2) is 9.09. The summed E-state index contributed by atoms with van der Waals surface area (Å²) in [6.07, 6.45) is 0.741.